The standard InChI is InChI=1S/C18H13ClN4O/c19-14-5-1-12(2-6-14)9-17-16(10-20)18(23-22-17)21-11-13-3-7-15(24)8-4-13/h1-8,11,24H,9H2,(H,22,23). The molecule has 1 heterocycles. The van der Waals surface area contributed by atoms with Crippen molar-refractivity contribution in [1.29, 1.82) is 5.26 Å². The van der Waals surface area contributed by atoms with Gasteiger partial charge in [0, 0.05) is 17.7 Å². The van der Waals surface area contributed by atoms with Gasteiger partial charge in [0.1, 0.15) is 17.4 Å². The number of nitrogens with one attached hydrogen (secondary N) is 1. The average molecular weight is 337 g/mol. The van der Waals surface area contributed by atoms with Gasteiger partial charge in [0.25, 0.3) is 0 Å². The van der Waals surface area contributed by atoms with Crippen LogP contribution in [0.3, 0.4) is 0 Å². The number of aliphatic imine (C=N–C) groups is 1. The molecule has 2 N–H and O–H groups in total. The maximum Gasteiger partial charge on any atom is 0.191 e. The van der Waals surface area contributed by atoms with Gasteiger partial charge in [-0.3, -0.25) is 5.10 Å². The summed E-state index contributed by atoms with van der Waals surface area (Å²) < 4.78 is 0. The van der Waals surface area contributed by atoms with Crippen LogP contribution >= 0.6 is 11.6 Å². The lowest BCUT2D eigenvalue weighted by atomic mass is 10.1. The molecule has 6 heteroatoms. The highest BCUT2D eigenvalue weighted by molar-refractivity contribution is 6.30. The Morgan fingerprint density at radius 2 is 1.88 bits per heavy atom. The Kier molecular flexibility index (Phi) is 4.59. The maximum absolute atomic E-state index is 9.41. The van der Waals surface area contributed by atoms with Gasteiger partial charge in [-0.2, -0.15) is 10.4 Å². The minimum Gasteiger partial charge on any atom is -0.508 e. The van der Waals surface area contributed by atoms with Crippen molar-refractivity contribution in [2.45, 2.75) is 6.42 Å². The predicted octanol–water partition coefficient (Wildman–Crippen LogP) is 3.98. The number of halogens is 1. The summed E-state index contributed by atoms with van der Waals surface area (Å²) >= 11 is 5.88. The smallest absolute Gasteiger partial charge is 0.191 e. The van der Waals surface area contributed by atoms with Crippen molar-refractivity contribution >= 4 is 23.6 Å². The van der Waals surface area contributed by atoms with E-state index in [1.54, 1.807) is 30.5 Å². The van der Waals surface area contributed by atoms with Gasteiger partial charge in [-0.25, -0.2) is 4.99 Å². The van der Waals surface area contributed by atoms with Gasteiger partial charge in [-0.15, -0.1) is 0 Å². The summed E-state index contributed by atoms with van der Waals surface area (Å²) in [6.45, 7) is 0. The Hall–Kier alpha value is -3.10. The largest absolute Gasteiger partial charge is 0.508 e. The molecule has 0 saturated carbocycles. The van der Waals surface area contributed by atoms with E-state index in [9.17, 15) is 10.4 Å². The fourth-order valence-electron chi connectivity index (χ4n) is 2.21. The molecular weight excluding hydrogens is 324 g/mol. The molecular formula is C18H13ClN4O. The molecule has 118 valence electrons. The third-order valence-corrected chi connectivity index (χ3v) is 3.71. The van der Waals surface area contributed by atoms with Crippen LogP contribution in [0.4, 0.5) is 5.82 Å². The van der Waals surface area contributed by atoms with E-state index in [-0.39, 0.29) is 5.75 Å². The van der Waals surface area contributed by atoms with Crippen molar-refractivity contribution in [2.24, 2.45) is 4.99 Å². The van der Waals surface area contributed by atoms with Gasteiger partial charge in [-0.1, -0.05) is 23.7 Å². The summed E-state index contributed by atoms with van der Waals surface area (Å²) in [5.74, 6) is 0.532. The number of hydrogen-bond donors (Lipinski definition) is 2. The average Bonchev–Trinajstić information content (AvgIpc) is 2.98. The van der Waals surface area contributed by atoms with Crippen molar-refractivity contribution < 1.29 is 5.11 Å². The molecule has 0 aliphatic heterocycles. The van der Waals surface area contributed by atoms with E-state index in [0.717, 1.165) is 11.1 Å². The first-order valence-electron chi connectivity index (χ1n) is 7.20. The molecule has 0 amide bonds. The summed E-state index contributed by atoms with van der Waals surface area (Å²) in [4.78, 5) is 4.26. The molecule has 0 spiro atoms. The topological polar surface area (TPSA) is 85.1 Å². The molecule has 0 fully saturated rings. The Morgan fingerprint density at radius 3 is 2.54 bits per heavy atom. The van der Waals surface area contributed by atoms with Gasteiger partial charge in [0.05, 0.1) is 5.69 Å². The number of nitrogens with zero attached hydrogens (tertiary/aromatic N) is 3. The van der Waals surface area contributed by atoms with Crippen molar-refractivity contribution in [3.8, 4) is 11.8 Å². The summed E-state index contributed by atoms with van der Waals surface area (Å²) in [6, 6.07) is 16.2. The molecule has 2 aromatic carbocycles. The second kappa shape index (κ2) is 6.99. The van der Waals surface area contributed by atoms with Gasteiger partial charge >= 0.3 is 0 Å². The number of phenols is 1. The molecule has 24 heavy (non-hydrogen) atoms. The second-order valence-electron chi connectivity index (χ2n) is 5.17. The third-order valence-electron chi connectivity index (χ3n) is 3.46. The Morgan fingerprint density at radius 1 is 1.17 bits per heavy atom. The summed E-state index contributed by atoms with van der Waals surface area (Å²) in [5.41, 5.74) is 2.95. The van der Waals surface area contributed by atoms with Crippen LogP contribution in [-0.2, 0) is 6.42 Å². The van der Waals surface area contributed by atoms with Crippen molar-refractivity contribution in [3.63, 3.8) is 0 Å². The van der Waals surface area contributed by atoms with E-state index in [0.29, 0.717) is 28.5 Å². The van der Waals surface area contributed by atoms with Crippen molar-refractivity contribution in [3.05, 3.63) is 75.9 Å². The highest BCUT2D eigenvalue weighted by Gasteiger charge is 2.12. The van der Waals surface area contributed by atoms with Gasteiger partial charge in [0.2, 0.25) is 0 Å². The van der Waals surface area contributed by atoms with E-state index in [2.05, 4.69) is 21.3 Å². The minimum atomic E-state index is 0.190. The molecule has 0 unspecified atom stereocenters. The van der Waals surface area contributed by atoms with E-state index in [1.807, 2.05) is 24.3 Å². The molecule has 0 aliphatic rings. The lowest BCUT2D eigenvalue weighted by Gasteiger charge is -1.99. The quantitative estimate of drug-likeness (QED) is 0.706. The molecule has 5 nitrogen and oxygen atoms in total. The summed E-state index contributed by atoms with van der Waals surface area (Å²) in [5, 5.41) is 26.3. The second-order valence-corrected chi connectivity index (χ2v) is 5.60. The molecule has 3 aromatic rings. The number of benzene rings is 2. The van der Waals surface area contributed by atoms with Crippen LogP contribution < -0.4 is 0 Å². The van der Waals surface area contributed by atoms with Crippen molar-refractivity contribution in [2.75, 3.05) is 0 Å². The molecule has 0 radical (unpaired) electrons. The summed E-state index contributed by atoms with van der Waals surface area (Å²) in [7, 11) is 0. The number of H-pyrrole nitrogens is 1. The predicted molar refractivity (Wildman–Crippen MR) is 92.9 cm³/mol. The first-order valence-corrected chi connectivity index (χ1v) is 7.58. The number of aromatic hydroxyl groups is 1. The van der Waals surface area contributed by atoms with Crippen LogP contribution in [0.1, 0.15) is 22.4 Å². The van der Waals surface area contributed by atoms with E-state index in [4.69, 9.17) is 11.6 Å². The molecule has 0 aliphatic carbocycles. The maximum atomic E-state index is 9.41. The SMILES string of the molecule is N#Cc1c(N=Cc2ccc(O)cc2)n[nH]c1Cc1ccc(Cl)cc1. The van der Waals surface area contributed by atoms with Crippen LogP contribution in [-0.4, -0.2) is 21.5 Å². The first kappa shape index (κ1) is 15.8. The minimum absolute atomic E-state index is 0.190. The third kappa shape index (κ3) is 3.62. The highest BCUT2D eigenvalue weighted by atomic mass is 35.5. The van der Waals surface area contributed by atoms with Crippen LogP contribution in [0.2, 0.25) is 5.02 Å². The van der Waals surface area contributed by atoms with Crippen molar-refractivity contribution in [1.82, 2.24) is 10.2 Å². The summed E-state index contributed by atoms with van der Waals surface area (Å²) in [6.07, 6.45) is 2.14. The zero-order chi connectivity index (χ0) is 16.9. The van der Waals surface area contributed by atoms with Crippen LogP contribution in [0, 0.1) is 11.3 Å². The monoisotopic (exact) mass is 336 g/mol. The van der Waals surface area contributed by atoms with Crippen LogP contribution in [0.5, 0.6) is 5.75 Å². The first-order chi connectivity index (χ1) is 11.7. The van der Waals surface area contributed by atoms with Gasteiger partial charge in [-0.05, 0) is 47.5 Å². The molecule has 3 rings (SSSR count). The zero-order valence-electron chi connectivity index (χ0n) is 12.6. The number of aromatic nitrogens is 2. The van der Waals surface area contributed by atoms with E-state index in [1.165, 1.54) is 0 Å². The van der Waals surface area contributed by atoms with Gasteiger partial charge in [0.15, 0.2) is 5.82 Å². The van der Waals surface area contributed by atoms with Gasteiger partial charge < -0.3 is 5.11 Å². The Bertz CT molecular complexity index is 906. The number of aromatic amines is 1. The fraction of sp³-hybridized carbons (Fsp3) is 0.0556. The lowest BCUT2D eigenvalue weighted by Crippen LogP contribution is -1.91. The van der Waals surface area contributed by atoms with E-state index < -0.39 is 0 Å². The number of phenolic OH excluding ortho intramolecular Hbond substituents is 1. The molecule has 1 aromatic heterocycles. The fourth-order valence-corrected chi connectivity index (χ4v) is 2.33. The Balaban J connectivity index is 1.83. The lowest BCUT2D eigenvalue weighted by molar-refractivity contribution is 0.475. The van der Waals surface area contributed by atoms with Crippen LogP contribution in [0.15, 0.2) is 53.5 Å². The van der Waals surface area contributed by atoms with Crippen LogP contribution in [0.25, 0.3) is 0 Å². The number of hydrogen-bond acceptors (Lipinski definition) is 4. The number of rotatable bonds is 4. The van der Waals surface area contributed by atoms with E-state index >= 15 is 0 Å². The number of nitriles is 1. The zero-order valence-corrected chi connectivity index (χ0v) is 13.3. The normalized spacial score (nSPS) is 10.8. The molecule has 0 atom stereocenters. The molecule has 0 bridgehead atoms. The molecule has 0 saturated heterocycles. The Labute approximate surface area is 143 Å². The highest BCUT2D eigenvalue weighted by Crippen LogP contribution is 2.22.